The van der Waals surface area contributed by atoms with Crippen LogP contribution in [-0.4, -0.2) is 29.2 Å². The molecule has 0 aromatic carbocycles. The predicted molar refractivity (Wildman–Crippen MR) is 87.3 cm³/mol. The maximum absolute atomic E-state index is 5.81. The number of rotatable bonds is 6. The lowest BCUT2D eigenvalue weighted by molar-refractivity contribution is 0.0867. The minimum Gasteiger partial charge on any atom is -0.361 e. The molecule has 0 saturated carbocycles. The summed E-state index contributed by atoms with van der Waals surface area (Å²) in [4.78, 5) is 8.35. The van der Waals surface area contributed by atoms with Crippen molar-refractivity contribution >= 4 is 24.0 Å². The van der Waals surface area contributed by atoms with Crippen LogP contribution in [0.4, 0.5) is 0 Å². The molecule has 2 rings (SSSR count). The quantitative estimate of drug-likeness (QED) is 0.581. The third-order valence-electron chi connectivity index (χ3n) is 3.00. The molecule has 4 nitrogen and oxygen atoms in total. The van der Waals surface area contributed by atoms with Gasteiger partial charge < -0.3 is 4.74 Å². The number of imidazole rings is 1. The second-order valence-corrected chi connectivity index (χ2v) is 12.3. The molecular weight excluding hydrogens is 334 g/mol. The molecule has 0 bridgehead atoms. The van der Waals surface area contributed by atoms with E-state index >= 15 is 0 Å². The van der Waals surface area contributed by atoms with E-state index in [0.717, 1.165) is 22.6 Å². The van der Waals surface area contributed by atoms with Gasteiger partial charge in [0, 0.05) is 32.6 Å². The zero-order valence-electron chi connectivity index (χ0n) is 12.1. The molecule has 2 aromatic rings. The first kappa shape index (κ1) is 15.4. The Bertz CT molecular complexity index is 551. The summed E-state index contributed by atoms with van der Waals surface area (Å²) in [7, 11) is -1.04. The van der Waals surface area contributed by atoms with Gasteiger partial charge >= 0.3 is 0 Å². The second kappa shape index (κ2) is 6.65. The molecule has 0 amide bonds. The van der Waals surface area contributed by atoms with Crippen LogP contribution in [0.5, 0.6) is 0 Å². The Morgan fingerprint density at radius 3 is 2.60 bits per heavy atom. The summed E-state index contributed by atoms with van der Waals surface area (Å²) in [6.45, 7) is 8.38. The summed E-state index contributed by atoms with van der Waals surface area (Å²) in [5.41, 5.74) is 2.12. The fourth-order valence-electron chi connectivity index (χ4n) is 1.76. The van der Waals surface area contributed by atoms with E-state index in [9.17, 15) is 0 Å². The Labute approximate surface area is 129 Å². The van der Waals surface area contributed by atoms with Crippen LogP contribution in [-0.2, 0) is 11.5 Å². The molecule has 0 aliphatic rings. The van der Waals surface area contributed by atoms with Crippen molar-refractivity contribution in [3.05, 3.63) is 35.5 Å². The molecule has 0 fully saturated rings. The van der Waals surface area contributed by atoms with Crippen molar-refractivity contribution in [3.63, 3.8) is 0 Å². The topological polar surface area (TPSA) is 39.9 Å². The molecular formula is C14H20BrN3OSi. The first-order valence-electron chi connectivity index (χ1n) is 6.66. The SMILES string of the molecule is C[Si](C)(C)CCOCn1c(-c2ccncc2)cnc1Br. The van der Waals surface area contributed by atoms with Gasteiger partial charge in [-0.25, -0.2) is 4.98 Å². The molecule has 20 heavy (non-hydrogen) atoms. The Morgan fingerprint density at radius 2 is 1.95 bits per heavy atom. The average molecular weight is 354 g/mol. The van der Waals surface area contributed by atoms with Crippen LogP contribution in [0.3, 0.4) is 0 Å². The molecule has 0 radical (unpaired) electrons. The first-order chi connectivity index (χ1) is 9.47. The molecule has 0 N–H and O–H groups in total. The summed E-state index contributed by atoms with van der Waals surface area (Å²) >= 11 is 3.47. The Hall–Kier alpha value is -0.983. The summed E-state index contributed by atoms with van der Waals surface area (Å²) < 4.78 is 8.63. The molecule has 0 saturated heterocycles. The Kier molecular flexibility index (Phi) is 5.12. The van der Waals surface area contributed by atoms with Crippen molar-refractivity contribution in [2.75, 3.05) is 6.61 Å². The van der Waals surface area contributed by atoms with Crippen molar-refractivity contribution in [1.29, 1.82) is 0 Å². The van der Waals surface area contributed by atoms with Gasteiger partial charge in [0.25, 0.3) is 0 Å². The highest BCUT2D eigenvalue weighted by atomic mass is 79.9. The maximum Gasteiger partial charge on any atom is 0.179 e. The van der Waals surface area contributed by atoms with E-state index in [2.05, 4.69) is 45.5 Å². The van der Waals surface area contributed by atoms with E-state index in [1.165, 1.54) is 6.04 Å². The lowest BCUT2D eigenvalue weighted by atomic mass is 10.2. The molecule has 0 unspecified atom stereocenters. The number of ether oxygens (including phenoxy) is 1. The van der Waals surface area contributed by atoms with Crippen LogP contribution < -0.4 is 0 Å². The molecule has 2 aromatic heterocycles. The van der Waals surface area contributed by atoms with Crippen LogP contribution in [0, 0.1) is 0 Å². The maximum atomic E-state index is 5.81. The predicted octanol–water partition coefficient (Wildman–Crippen LogP) is 4.02. The van der Waals surface area contributed by atoms with Crippen molar-refractivity contribution in [1.82, 2.24) is 14.5 Å². The minimum atomic E-state index is -1.04. The average Bonchev–Trinajstić information content (AvgIpc) is 2.76. The highest BCUT2D eigenvalue weighted by molar-refractivity contribution is 9.10. The third kappa shape index (κ3) is 4.26. The van der Waals surface area contributed by atoms with Gasteiger partial charge in [0.2, 0.25) is 0 Å². The number of halogens is 1. The molecule has 0 aliphatic carbocycles. The number of hydrogen-bond acceptors (Lipinski definition) is 3. The Morgan fingerprint density at radius 1 is 1.25 bits per heavy atom. The van der Waals surface area contributed by atoms with Crippen LogP contribution in [0.15, 0.2) is 35.5 Å². The van der Waals surface area contributed by atoms with Gasteiger partial charge in [-0.2, -0.15) is 0 Å². The van der Waals surface area contributed by atoms with Gasteiger partial charge in [0.15, 0.2) is 4.73 Å². The van der Waals surface area contributed by atoms with Gasteiger partial charge in [-0.3, -0.25) is 9.55 Å². The van der Waals surface area contributed by atoms with E-state index in [1.54, 1.807) is 12.4 Å². The summed E-state index contributed by atoms with van der Waals surface area (Å²) in [6.07, 6.45) is 5.42. The lowest BCUT2D eigenvalue weighted by Gasteiger charge is -2.16. The molecule has 108 valence electrons. The zero-order chi connectivity index (χ0) is 14.6. The van der Waals surface area contributed by atoms with Gasteiger partial charge in [0.1, 0.15) is 6.73 Å². The third-order valence-corrected chi connectivity index (χ3v) is 5.34. The molecule has 0 atom stereocenters. The Balaban J connectivity index is 2.03. The number of nitrogens with zero attached hydrogens (tertiary/aromatic N) is 3. The molecule has 0 aliphatic heterocycles. The lowest BCUT2D eigenvalue weighted by Crippen LogP contribution is -2.22. The minimum absolute atomic E-state index is 0.517. The van der Waals surface area contributed by atoms with E-state index < -0.39 is 8.07 Å². The second-order valence-electron chi connectivity index (χ2n) is 5.92. The van der Waals surface area contributed by atoms with Gasteiger partial charge in [0.05, 0.1) is 11.9 Å². The highest BCUT2D eigenvalue weighted by Crippen LogP contribution is 2.23. The molecule has 2 heterocycles. The van der Waals surface area contributed by atoms with E-state index in [1.807, 2.05) is 22.9 Å². The number of aromatic nitrogens is 3. The van der Waals surface area contributed by atoms with Crippen LogP contribution in [0.1, 0.15) is 0 Å². The largest absolute Gasteiger partial charge is 0.361 e. The fraction of sp³-hybridized carbons (Fsp3) is 0.429. The van der Waals surface area contributed by atoms with Crippen LogP contribution in [0.25, 0.3) is 11.3 Å². The van der Waals surface area contributed by atoms with Gasteiger partial charge in [-0.1, -0.05) is 19.6 Å². The zero-order valence-corrected chi connectivity index (χ0v) is 14.7. The number of hydrogen-bond donors (Lipinski definition) is 0. The standard InChI is InChI=1S/C14H20BrN3OSi/c1-20(2,3)9-8-19-11-18-13(10-17-14(18)15)12-4-6-16-7-5-12/h4-7,10H,8-9,11H2,1-3H3. The summed E-state index contributed by atoms with van der Waals surface area (Å²) in [5.74, 6) is 0. The molecule has 6 heteroatoms. The number of pyridine rings is 1. The smallest absolute Gasteiger partial charge is 0.179 e. The fourth-order valence-corrected chi connectivity index (χ4v) is 2.92. The van der Waals surface area contributed by atoms with E-state index in [4.69, 9.17) is 4.74 Å². The monoisotopic (exact) mass is 353 g/mol. The normalized spacial score (nSPS) is 11.8. The van der Waals surface area contributed by atoms with Gasteiger partial charge in [-0.05, 0) is 34.1 Å². The van der Waals surface area contributed by atoms with Crippen LogP contribution in [0.2, 0.25) is 25.7 Å². The van der Waals surface area contributed by atoms with Crippen molar-refractivity contribution in [3.8, 4) is 11.3 Å². The van der Waals surface area contributed by atoms with Crippen molar-refractivity contribution in [2.24, 2.45) is 0 Å². The van der Waals surface area contributed by atoms with Gasteiger partial charge in [-0.15, -0.1) is 0 Å². The summed E-state index contributed by atoms with van der Waals surface area (Å²) in [6, 6.07) is 5.12. The van der Waals surface area contributed by atoms with Crippen molar-refractivity contribution < 1.29 is 4.74 Å². The summed E-state index contributed by atoms with van der Waals surface area (Å²) in [5, 5.41) is 0. The molecule has 0 spiro atoms. The van der Waals surface area contributed by atoms with Crippen molar-refractivity contribution in [2.45, 2.75) is 32.4 Å². The highest BCUT2D eigenvalue weighted by Gasteiger charge is 2.13. The van der Waals surface area contributed by atoms with E-state index in [0.29, 0.717) is 6.73 Å². The van der Waals surface area contributed by atoms with E-state index in [-0.39, 0.29) is 0 Å². The first-order valence-corrected chi connectivity index (χ1v) is 11.2. The van der Waals surface area contributed by atoms with Crippen LogP contribution >= 0.6 is 15.9 Å².